The zero-order valence-electron chi connectivity index (χ0n) is 10.7. The molecule has 0 bridgehead atoms. The Morgan fingerprint density at radius 3 is 2.42 bits per heavy atom. The molecule has 3 N–H and O–H groups in total. The summed E-state index contributed by atoms with van der Waals surface area (Å²) in [5.74, 6) is -1.12. The van der Waals surface area contributed by atoms with Crippen LogP contribution in [-0.2, 0) is 14.6 Å². The molecule has 1 heterocycles. The number of amides is 2. The molecule has 8 heteroatoms. The van der Waals surface area contributed by atoms with Crippen molar-refractivity contribution in [2.24, 2.45) is 5.92 Å². The third-order valence-corrected chi connectivity index (χ3v) is 5.47. The summed E-state index contributed by atoms with van der Waals surface area (Å²) in [5.41, 5.74) is -0.810. The summed E-state index contributed by atoms with van der Waals surface area (Å²) >= 11 is 0. The average molecular weight is 290 g/mol. The van der Waals surface area contributed by atoms with E-state index in [0.29, 0.717) is 6.42 Å². The van der Waals surface area contributed by atoms with Crippen LogP contribution in [0, 0.1) is 5.92 Å². The number of hydrogen-bond donors (Lipinski definition) is 3. The van der Waals surface area contributed by atoms with Crippen molar-refractivity contribution in [3.8, 4) is 0 Å². The van der Waals surface area contributed by atoms with Crippen LogP contribution in [0.1, 0.15) is 26.2 Å². The van der Waals surface area contributed by atoms with Crippen LogP contribution in [0.4, 0.5) is 4.79 Å². The Kier molecular flexibility index (Phi) is 3.46. The molecule has 0 aromatic carbocycles. The Labute approximate surface area is 111 Å². The van der Waals surface area contributed by atoms with E-state index in [0.717, 1.165) is 12.8 Å². The van der Waals surface area contributed by atoms with Gasteiger partial charge < -0.3 is 15.7 Å². The molecule has 1 aliphatic heterocycles. The smallest absolute Gasteiger partial charge is 0.326 e. The van der Waals surface area contributed by atoms with Gasteiger partial charge in [0.2, 0.25) is 0 Å². The molecule has 7 nitrogen and oxygen atoms in total. The van der Waals surface area contributed by atoms with Crippen LogP contribution in [0.5, 0.6) is 0 Å². The molecular formula is C11H18N2O5S. The van der Waals surface area contributed by atoms with Crippen LogP contribution in [0.15, 0.2) is 0 Å². The maximum Gasteiger partial charge on any atom is 0.326 e. The van der Waals surface area contributed by atoms with Gasteiger partial charge in [0.05, 0.1) is 17.0 Å². The third-order valence-electron chi connectivity index (χ3n) is 3.56. The zero-order chi connectivity index (χ0) is 14.3. The highest BCUT2D eigenvalue weighted by Gasteiger charge is 2.41. The fourth-order valence-electron chi connectivity index (χ4n) is 2.37. The fourth-order valence-corrected chi connectivity index (χ4v) is 4.46. The second kappa shape index (κ2) is 4.66. The molecule has 2 aliphatic rings. The van der Waals surface area contributed by atoms with Crippen molar-refractivity contribution in [3.63, 3.8) is 0 Å². The maximum atomic E-state index is 11.8. The van der Waals surface area contributed by atoms with Gasteiger partial charge in [0.25, 0.3) is 0 Å². The molecule has 1 saturated carbocycles. The molecule has 0 radical (unpaired) electrons. The van der Waals surface area contributed by atoms with Crippen LogP contribution in [0.3, 0.4) is 0 Å². The van der Waals surface area contributed by atoms with Gasteiger partial charge in [-0.15, -0.1) is 0 Å². The van der Waals surface area contributed by atoms with Gasteiger partial charge in [-0.3, -0.25) is 0 Å². The number of aliphatic carboxylic acids is 1. The molecule has 2 unspecified atom stereocenters. The molecule has 0 aromatic heterocycles. The van der Waals surface area contributed by atoms with Crippen molar-refractivity contribution in [3.05, 3.63) is 0 Å². The Hall–Kier alpha value is -1.31. The predicted octanol–water partition coefficient (Wildman–Crippen LogP) is -0.274. The minimum Gasteiger partial charge on any atom is -0.480 e. The summed E-state index contributed by atoms with van der Waals surface area (Å²) in [4.78, 5) is 22.8. The van der Waals surface area contributed by atoms with Crippen molar-refractivity contribution >= 4 is 21.8 Å². The van der Waals surface area contributed by atoms with Crippen LogP contribution < -0.4 is 10.6 Å². The molecular weight excluding hydrogens is 272 g/mol. The number of carbonyl (C=O) groups excluding carboxylic acids is 1. The van der Waals surface area contributed by atoms with Crippen molar-refractivity contribution in [1.29, 1.82) is 0 Å². The van der Waals surface area contributed by atoms with E-state index < -0.39 is 33.4 Å². The van der Waals surface area contributed by atoms with Crippen molar-refractivity contribution in [1.82, 2.24) is 10.6 Å². The topological polar surface area (TPSA) is 113 Å². The lowest BCUT2D eigenvalue weighted by atomic mass is 10.0. The van der Waals surface area contributed by atoms with Crippen LogP contribution in [0.2, 0.25) is 0 Å². The second-order valence-electron chi connectivity index (χ2n) is 5.65. The fraction of sp³-hybridized carbons (Fsp3) is 0.818. The summed E-state index contributed by atoms with van der Waals surface area (Å²) in [6, 6.07) is -1.50. The molecule has 19 heavy (non-hydrogen) atoms. The van der Waals surface area contributed by atoms with E-state index in [1.54, 1.807) is 6.92 Å². The van der Waals surface area contributed by atoms with E-state index >= 15 is 0 Å². The first-order valence-corrected chi connectivity index (χ1v) is 8.05. The Bertz CT molecular complexity index is 499. The minimum atomic E-state index is -3.11. The van der Waals surface area contributed by atoms with E-state index in [2.05, 4.69) is 10.6 Å². The van der Waals surface area contributed by atoms with Gasteiger partial charge in [-0.25, -0.2) is 18.0 Å². The lowest BCUT2D eigenvalue weighted by molar-refractivity contribution is -0.139. The zero-order valence-corrected chi connectivity index (χ0v) is 11.5. The van der Waals surface area contributed by atoms with E-state index in [1.807, 2.05) is 0 Å². The number of carboxylic acids is 1. The molecule has 0 spiro atoms. The summed E-state index contributed by atoms with van der Waals surface area (Å²) in [7, 11) is -3.11. The first-order chi connectivity index (χ1) is 8.71. The highest BCUT2D eigenvalue weighted by molar-refractivity contribution is 7.91. The second-order valence-corrected chi connectivity index (χ2v) is 7.84. The van der Waals surface area contributed by atoms with Crippen molar-refractivity contribution in [2.75, 3.05) is 11.5 Å². The molecule has 2 rings (SSSR count). The van der Waals surface area contributed by atoms with Crippen LogP contribution >= 0.6 is 0 Å². The van der Waals surface area contributed by atoms with Gasteiger partial charge in [0.1, 0.15) is 6.04 Å². The number of carbonyl (C=O) groups is 2. The minimum absolute atomic E-state index is 0.0108. The Morgan fingerprint density at radius 2 is 2.00 bits per heavy atom. The molecule has 1 saturated heterocycles. The maximum absolute atomic E-state index is 11.8. The summed E-state index contributed by atoms with van der Waals surface area (Å²) < 4.78 is 22.8. The Balaban J connectivity index is 1.92. The Morgan fingerprint density at radius 1 is 1.37 bits per heavy atom. The quantitative estimate of drug-likeness (QED) is 0.659. The van der Waals surface area contributed by atoms with Crippen LogP contribution in [0.25, 0.3) is 0 Å². The molecule has 2 fully saturated rings. The van der Waals surface area contributed by atoms with Crippen molar-refractivity contribution < 1.29 is 23.1 Å². The lowest BCUT2D eigenvalue weighted by Gasteiger charge is -2.25. The van der Waals surface area contributed by atoms with Gasteiger partial charge in [-0.2, -0.15) is 0 Å². The van der Waals surface area contributed by atoms with E-state index in [-0.39, 0.29) is 17.4 Å². The molecule has 2 atom stereocenters. The number of hydrogen-bond acceptors (Lipinski definition) is 4. The normalized spacial score (nSPS) is 30.6. The number of sulfone groups is 1. The average Bonchev–Trinajstić information content (AvgIpc) is 3.02. The summed E-state index contributed by atoms with van der Waals surface area (Å²) in [6.07, 6.45) is 1.94. The van der Waals surface area contributed by atoms with Gasteiger partial charge in [-0.05, 0) is 32.1 Å². The number of nitrogens with one attached hydrogen (secondary N) is 2. The summed E-state index contributed by atoms with van der Waals surface area (Å²) in [6.45, 7) is 1.66. The third kappa shape index (κ3) is 3.59. The largest absolute Gasteiger partial charge is 0.480 e. The van der Waals surface area contributed by atoms with Gasteiger partial charge in [0, 0.05) is 0 Å². The van der Waals surface area contributed by atoms with Gasteiger partial charge in [-0.1, -0.05) is 0 Å². The number of urea groups is 1. The SMILES string of the molecule is CC1(NC(=O)NC(C(=O)O)C2CC2)CCS(=O)(=O)C1. The molecule has 108 valence electrons. The molecule has 2 amide bonds. The first kappa shape index (κ1) is 14.1. The van der Waals surface area contributed by atoms with Crippen molar-refractivity contribution in [2.45, 2.75) is 37.8 Å². The van der Waals surface area contributed by atoms with Gasteiger partial charge >= 0.3 is 12.0 Å². The standard InChI is InChI=1S/C11H18N2O5S/c1-11(4-5-19(17,18)6-11)13-10(16)12-8(9(14)15)7-2-3-7/h7-8H,2-6H2,1H3,(H,14,15)(H2,12,13,16). The first-order valence-electron chi connectivity index (χ1n) is 6.23. The molecule has 0 aromatic rings. The number of carboxylic acid groups (broad SMARTS) is 1. The van der Waals surface area contributed by atoms with E-state index in [9.17, 15) is 18.0 Å². The van der Waals surface area contributed by atoms with E-state index in [1.165, 1.54) is 0 Å². The highest BCUT2D eigenvalue weighted by atomic mass is 32.2. The number of rotatable bonds is 4. The van der Waals surface area contributed by atoms with Crippen LogP contribution in [-0.4, -0.2) is 48.6 Å². The van der Waals surface area contributed by atoms with Gasteiger partial charge in [0.15, 0.2) is 9.84 Å². The highest BCUT2D eigenvalue weighted by Crippen LogP contribution is 2.32. The predicted molar refractivity (Wildman–Crippen MR) is 67.5 cm³/mol. The lowest BCUT2D eigenvalue weighted by Crippen LogP contribution is -2.55. The monoisotopic (exact) mass is 290 g/mol. The van der Waals surface area contributed by atoms with E-state index in [4.69, 9.17) is 5.11 Å². The summed E-state index contributed by atoms with van der Waals surface area (Å²) in [5, 5.41) is 14.0. The molecule has 1 aliphatic carbocycles.